The number of hydrogen-bond acceptors (Lipinski definition) is 5. The van der Waals surface area contributed by atoms with Crippen LogP contribution >= 0.6 is 11.6 Å². The lowest BCUT2D eigenvalue weighted by Gasteiger charge is -2.34. The highest BCUT2D eigenvalue weighted by Gasteiger charge is 2.28. The van der Waals surface area contributed by atoms with Crippen molar-refractivity contribution in [3.63, 3.8) is 0 Å². The number of nitrogens with zero attached hydrogens (tertiary/aromatic N) is 3. The maximum atomic E-state index is 12.2. The number of ether oxygens (including phenoxy) is 1. The molecule has 0 radical (unpaired) electrons. The van der Waals surface area contributed by atoms with Crippen LogP contribution in [0, 0.1) is 0 Å². The number of amides is 1. The normalized spacial score (nSPS) is 18.7. The SMILES string of the molecule is Cn1ncc(NC2CCCN(C(=O)OC(C)(C)C)C2)c(Cl)c1=O. The first-order valence-electron chi connectivity index (χ1n) is 7.63. The highest BCUT2D eigenvalue weighted by Crippen LogP contribution is 2.21. The number of likely N-dealkylation sites (tertiary alicyclic amines) is 1. The molecule has 1 aromatic rings. The fourth-order valence-corrected chi connectivity index (χ4v) is 2.64. The molecule has 8 heteroatoms. The Hall–Kier alpha value is -1.76. The molecule has 0 saturated carbocycles. The molecule has 0 spiro atoms. The van der Waals surface area contributed by atoms with Gasteiger partial charge in [0, 0.05) is 26.2 Å². The monoisotopic (exact) mass is 342 g/mol. The Balaban J connectivity index is 2.03. The fraction of sp³-hybridized carbons (Fsp3) is 0.667. The number of rotatable bonds is 2. The maximum Gasteiger partial charge on any atom is 0.410 e. The van der Waals surface area contributed by atoms with Crippen molar-refractivity contribution >= 4 is 23.4 Å². The quantitative estimate of drug-likeness (QED) is 0.892. The number of halogens is 1. The topological polar surface area (TPSA) is 76.5 Å². The van der Waals surface area contributed by atoms with E-state index in [4.69, 9.17) is 16.3 Å². The zero-order chi connectivity index (χ0) is 17.2. The van der Waals surface area contributed by atoms with Gasteiger partial charge in [-0.15, -0.1) is 0 Å². The first-order valence-corrected chi connectivity index (χ1v) is 8.01. The molecular weight excluding hydrogens is 320 g/mol. The third kappa shape index (κ3) is 4.60. The van der Waals surface area contributed by atoms with Crippen LogP contribution in [0.3, 0.4) is 0 Å². The Morgan fingerprint density at radius 3 is 2.83 bits per heavy atom. The predicted molar refractivity (Wildman–Crippen MR) is 88.9 cm³/mol. The van der Waals surface area contributed by atoms with Gasteiger partial charge in [-0.2, -0.15) is 5.10 Å². The summed E-state index contributed by atoms with van der Waals surface area (Å²) in [6.45, 7) is 6.69. The number of piperidine rings is 1. The van der Waals surface area contributed by atoms with Crippen LogP contribution in [0.5, 0.6) is 0 Å². The van der Waals surface area contributed by atoms with Gasteiger partial charge in [0.15, 0.2) is 0 Å². The summed E-state index contributed by atoms with van der Waals surface area (Å²) in [5.74, 6) is 0. The van der Waals surface area contributed by atoms with E-state index in [9.17, 15) is 9.59 Å². The van der Waals surface area contributed by atoms with E-state index in [-0.39, 0.29) is 22.7 Å². The number of carbonyl (C=O) groups excluding carboxylic acids is 1. The minimum Gasteiger partial charge on any atom is -0.444 e. The Kier molecular flexibility index (Phi) is 5.19. The molecule has 0 aromatic carbocycles. The van der Waals surface area contributed by atoms with Crippen LogP contribution in [-0.2, 0) is 11.8 Å². The molecule has 7 nitrogen and oxygen atoms in total. The Labute approximate surface area is 140 Å². The Morgan fingerprint density at radius 2 is 2.17 bits per heavy atom. The van der Waals surface area contributed by atoms with E-state index in [2.05, 4.69) is 10.4 Å². The van der Waals surface area contributed by atoms with E-state index in [1.54, 1.807) is 11.9 Å². The van der Waals surface area contributed by atoms with Crippen molar-refractivity contribution in [2.24, 2.45) is 7.05 Å². The molecule has 2 rings (SSSR count). The second kappa shape index (κ2) is 6.78. The summed E-state index contributed by atoms with van der Waals surface area (Å²) < 4.78 is 6.58. The van der Waals surface area contributed by atoms with Crippen LogP contribution in [0.4, 0.5) is 10.5 Å². The molecule has 128 valence electrons. The number of aryl methyl sites for hydroxylation is 1. The smallest absolute Gasteiger partial charge is 0.410 e. The number of aromatic nitrogens is 2. The highest BCUT2D eigenvalue weighted by atomic mass is 35.5. The van der Waals surface area contributed by atoms with Gasteiger partial charge in [-0.25, -0.2) is 9.48 Å². The van der Waals surface area contributed by atoms with Gasteiger partial charge >= 0.3 is 6.09 Å². The number of carbonyl (C=O) groups is 1. The van der Waals surface area contributed by atoms with E-state index < -0.39 is 5.60 Å². The van der Waals surface area contributed by atoms with Crippen LogP contribution in [0.25, 0.3) is 0 Å². The molecule has 23 heavy (non-hydrogen) atoms. The first kappa shape index (κ1) is 17.6. The summed E-state index contributed by atoms with van der Waals surface area (Å²) in [6, 6.07) is 0.00248. The summed E-state index contributed by atoms with van der Waals surface area (Å²) in [4.78, 5) is 25.6. The molecule has 2 heterocycles. The van der Waals surface area contributed by atoms with Gasteiger partial charge in [-0.3, -0.25) is 4.79 Å². The van der Waals surface area contributed by atoms with Crippen LogP contribution in [0.15, 0.2) is 11.0 Å². The molecule has 1 amide bonds. The van der Waals surface area contributed by atoms with Gasteiger partial charge in [0.1, 0.15) is 10.6 Å². The largest absolute Gasteiger partial charge is 0.444 e. The van der Waals surface area contributed by atoms with Crippen molar-refractivity contribution in [3.8, 4) is 0 Å². The fourth-order valence-electron chi connectivity index (χ4n) is 2.42. The minimum absolute atomic E-state index is 0.00248. The lowest BCUT2D eigenvalue weighted by atomic mass is 10.1. The van der Waals surface area contributed by atoms with Crippen LogP contribution in [0.2, 0.25) is 5.02 Å². The number of anilines is 1. The molecule has 1 fully saturated rings. The molecule has 1 atom stereocenters. The highest BCUT2D eigenvalue weighted by molar-refractivity contribution is 6.32. The molecule has 1 unspecified atom stereocenters. The zero-order valence-electron chi connectivity index (χ0n) is 13.9. The van der Waals surface area contributed by atoms with Crippen molar-refractivity contribution in [1.29, 1.82) is 0 Å². The summed E-state index contributed by atoms with van der Waals surface area (Å²) in [6.07, 6.45) is 2.94. The van der Waals surface area contributed by atoms with E-state index >= 15 is 0 Å². The van der Waals surface area contributed by atoms with Gasteiger partial charge in [0.25, 0.3) is 5.56 Å². The number of nitrogens with one attached hydrogen (secondary N) is 1. The van der Waals surface area contributed by atoms with Gasteiger partial charge in [0.05, 0.1) is 11.9 Å². The zero-order valence-corrected chi connectivity index (χ0v) is 14.7. The lowest BCUT2D eigenvalue weighted by Crippen LogP contribution is -2.47. The van der Waals surface area contributed by atoms with E-state index in [0.29, 0.717) is 18.8 Å². The average molecular weight is 343 g/mol. The van der Waals surface area contributed by atoms with Crippen molar-refractivity contribution < 1.29 is 9.53 Å². The predicted octanol–water partition coefficient (Wildman–Crippen LogP) is 2.25. The van der Waals surface area contributed by atoms with Gasteiger partial charge in [-0.1, -0.05) is 11.6 Å². The molecule has 1 aliphatic heterocycles. The molecular formula is C15H23ClN4O3. The minimum atomic E-state index is -0.518. The number of hydrogen-bond donors (Lipinski definition) is 1. The van der Waals surface area contributed by atoms with Crippen molar-refractivity contribution in [1.82, 2.24) is 14.7 Å². The Morgan fingerprint density at radius 1 is 1.48 bits per heavy atom. The lowest BCUT2D eigenvalue weighted by molar-refractivity contribution is 0.0206. The van der Waals surface area contributed by atoms with Crippen LogP contribution < -0.4 is 10.9 Å². The molecule has 1 aromatic heterocycles. The standard InChI is InChI=1S/C15H23ClN4O3/c1-15(2,3)23-14(22)20-7-5-6-10(9-20)18-11-8-17-19(4)13(21)12(11)16/h8,10,18H,5-7,9H2,1-4H3. The summed E-state index contributed by atoms with van der Waals surface area (Å²) in [7, 11) is 1.54. The molecule has 1 saturated heterocycles. The van der Waals surface area contributed by atoms with E-state index in [0.717, 1.165) is 12.8 Å². The second-order valence-electron chi connectivity index (χ2n) is 6.71. The van der Waals surface area contributed by atoms with Gasteiger partial charge in [-0.05, 0) is 33.6 Å². The molecule has 0 aliphatic carbocycles. The molecule has 1 aliphatic rings. The summed E-state index contributed by atoms with van der Waals surface area (Å²) in [5.41, 5.74) is -0.377. The van der Waals surface area contributed by atoms with E-state index in [1.165, 1.54) is 10.9 Å². The molecule has 0 bridgehead atoms. The van der Waals surface area contributed by atoms with Gasteiger partial charge < -0.3 is 15.0 Å². The van der Waals surface area contributed by atoms with Gasteiger partial charge in [0.2, 0.25) is 0 Å². The average Bonchev–Trinajstić information content (AvgIpc) is 2.46. The summed E-state index contributed by atoms with van der Waals surface area (Å²) in [5, 5.41) is 7.28. The van der Waals surface area contributed by atoms with E-state index in [1.807, 2.05) is 20.8 Å². The third-order valence-electron chi connectivity index (χ3n) is 3.51. The second-order valence-corrected chi connectivity index (χ2v) is 7.09. The van der Waals surface area contributed by atoms with Crippen LogP contribution in [-0.4, -0.2) is 45.5 Å². The van der Waals surface area contributed by atoms with Crippen molar-refractivity contribution in [3.05, 3.63) is 21.6 Å². The van der Waals surface area contributed by atoms with Crippen molar-refractivity contribution in [2.75, 3.05) is 18.4 Å². The first-order chi connectivity index (χ1) is 10.7. The maximum absolute atomic E-state index is 12.2. The summed E-state index contributed by atoms with van der Waals surface area (Å²) >= 11 is 6.06. The van der Waals surface area contributed by atoms with Crippen LogP contribution in [0.1, 0.15) is 33.6 Å². The molecule has 1 N–H and O–H groups in total. The third-order valence-corrected chi connectivity index (χ3v) is 3.88. The van der Waals surface area contributed by atoms with Crippen molar-refractivity contribution in [2.45, 2.75) is 45.3 Å². The Bertz CT molecular complexity index is 639.